The van der Waals surface area contributed by atoms with Gasteiger partial charge in [0, 0.05) is 24.3 Å². The highest BCUT2D eigenvalue weighted by Gasteiger charge is 2.43. The predicted molar refractivity (Wildman–Crippen MR) is 135 cm³/mol. The molecule has 2 N–H and O–H groups in total. The van der Waals surface area contributed by atoms with Crippen LogP contribution in [0.15, 0.2) is 72.9 Å². The molecule has 1 aromatic heterocycles. The van der Waals surface area contributed by atoms with E-state index in [1.165, 1.54) is 11.1 Å². The second-order valence-corrected chi connectivity index (χ2v) is 9.99. The number of fused-ring (bicyclic) bond motifs is 2. The summed E-state index contributed by atoms with van der Waals surface area (Å²) in [6, 6.07) is 20.5. The van der Waals surface area contributed by atoms with Gasteiger partial charge >= 0.3 is 0 Å². The number of carbonyl (C=O) groups excluding carboxylic acids is 1. The number of likely N-dealkylation sites (tertiary alicyclic amines) is 1. The van der Waals surface area contributed by atoms with E-state index in [9.17, 15) is 9.90 Å². The minimum Gasteiger partial charge on any atom is -0.382 e. The zero-order chi connectivity index (χ0) is 24.5. The van der Waals surface area contributed by atoms with E-state index in [-0.39, 0.29) is 18.1 Å². The average molecular weight is 492 g/mol. The van der Waals surface area contributed by atoms with Crippen LogP contribution in [0.25, 0.3) is 0 Å². The molecule has 0 bridgehead atoms. The SMILES string of the molecule is CC(O)(c1ccccn1)C(NCC(=O)N1CCC2(CC1)OCc1ccccc12)c1ccc(Cl)cc1. The van der Waals surface area contributed by atoms with Gasteiger partial charge < -0.3 is 14.7 Å². The largest absolute Gasteiger partial charge is 0.382 e. The summed E-state index contributed by atoms with van der Waals surface area (Å²) in [4.78, 5) is 19.5. The van der Waals surface area contributed by atoms with Crippen LogP contribution in [-0.2, 0) is 27.3 Å². The van der Waals surface area contributed by atoms with E-state index in [1.54, 1.807) is 31.3 Å². The Balaban J connectivity index is 1.28. The number of rotatable bonds is 6. The third-order valence-electron chi connectivity index (χ3n) is 7.34. The number of hydrogen-bond donors (Lipinski definition) is 2. The molecule has 0 radical (unpaired) electrons. The molecule has 6 nitrogen and oxygen atoms in total. The lowest BCUT2D eigenvalue weighted by molar-refractivity contribution is -0.138. The van der Waals surface area contributed by atoms with Crippen LogP contribution < -0.4 is 5.32 Å². The highest BCUT2D eigenvalue weighted by Crippen LogP contribution is 2.44. The van der Waals surface area contributed by atoms with E-state index >= 15 is 0 Å². The molecule has 1 spiro atoms. The van der Waals surface area contributed by atoms with Gasteiger partial charge in [0.25, 0.3) is 0 Å². The molecule has 3 heterocycles. The van der Waals surface area contributed by atoms with Crippen molar-refractivity contribution >= 4 is 17.5 Å². The van der Waals surface area contributed by atoms with Gasteiger partial charge in [0.15, 0.2) is 0 Å². The molecular weight excluding hydrogens is 462 g/mol. The van der Waals surface area contributed by atoms with Gasteiger partial charge in [-0.3, -0.25) is 15.1 Å². The van der Waals surface area contributed by atoms with E-state index < -0.39 is 11.6 Å². The number of aromatic nitrogens is 1. The summed E-state index contributed by atoms with van der Waals surface area (Å²) >= 11 is 6.09. The quantitative estimate of drug-likeness (QED) is 0.537. The summed E-state index contributed by atoms with van der Waals surface area (Å²) in [5.41, 5.74) is 2.23. The number of nitrogens with one attached hydrogen (secondary N) is 1. The minimum absolute atomic E-state index is 0.00177. The number of benzene rings is 2. The fourth-order valence-corrected chi connectivity index (χ4v) is 5.45. The van der Waals surface area contributed by atoms with Crippen LogP contribution in [0.1, 0.15) is 48.2 Å². The van der Waals surface area contributed by atoms with Crippen LogP contribution >= 0.6 is 11.6 Å². The molecular formula is C28H30ClN3O3. The highest BCUT2D eigenvalue weighted by atomic mass is 35.5. The van der Waals surface area contributed by atoms with Crippen molar-refractivity contribution in [2.75, 3.05) is 19.6 Å². The molecule has 1 saturated heterocycles. The topological polar surface area (TPSA) is 74.7 Å². The van der Waals surface area contributed by atoms with Gasteiger partial charge in [-0.2, -0.15) is 0 Å². The summed E-state index contributed by atoms with van der Waals surface area (Å²) in [5.74, 6) is 0.00177. The summed E-state index contributed by atoms with van der Waals surface area (Å²) < 4.78 is 6.23. The molecule has 1 amide bonds. The van der Waals surface area contributed by atoms with Gasteiger partial charge in [-0.25, -0.2) is 0 Å². The number of piperidine rings is 1. The number of nitrogens with zero attached hydrogens (tertiary/aromatic N) is 2. The molecule has 0 aliphatic carbocycles. The van der Waals surface area contributed by atoms with E-state index in [0.29, 0.717) is 30.4 Å². The molecule has 35 heavy (non-hydrogen) atoms. The van der Waals surface area contributed by atoms with Crippen molar-refractivity contribution in [2.45, 2.75) is 43.6 Å². The fourth-order valence-electron chi connectivity index (χ4n) is 5.32. The second kappa shape index (κ2) is 9.70. The van der Waals surface area contributed by atoms with Crippen LogP contribution in [0.3, 0.4) is 0 Å². The number of amides is 1. The molecule has 2 atom stereocenters. The van der Waals surface area contributed by atoms with Gasteiger partial charge in [0.05, 0.1) is 30.5 Å². The van der Waals surface area contributed by atoms with Crippen molar-refractivity contribution in [3.8, 4) is 0 Å². The fraction of sp³-hybridized carbons (Fsp3) is 0.357. The molecule has 0 saturated carbocycles. The number of carbonyl (C=O) groups is 1. The Kier molecular flexibility index (Phi) is 6.64. The summed E-state index contributed by atoms with van der Waals surface area (Å²) in [7, 11) is 0. The number of hydrogen-bond acceptors (Lipinski definition) is 5. The van der Waals surface area contributed by atoms with Crippen LogP contribution in [0.4, 0.5) is 0 Å². The van der Waals surface area contributed by atoms with Gasteiger partial charge in [0.1, 0.15) is 5.60 Å². The van der Waals surface area contributed by atoms with Crippen molar-refractivity contribution in [3.05, 3.63) is 100 Å². The molecule has 2 unspecified atom stereocenters. The smallest absolute Gasteiger partial charge is 0.236 e. The Morgan fingerprint density at radius 1 is 1.14 bits per heavy atom. The number of aliphatic hydroxyl groups is 1. The Bertz CT molecular complexity index is 1180. The maximum absolute atomic E-state index is 13.2. The third kappa shape index (κ3) is 4.71. The highest BCUT2D eigenvalue weighted by molar-refractivity contribution is 6.30. The first-order valence-corrected chi connectivity index (χ1v) is 12.4. The molecule has 182 valence electrons. The Morgan fingerprint density at radius 2 is 1.86 bits per heavy atom. The number of halogens is 1. The summed E-state index contributed by atoms with van der Waals surface area (Å²) in [5, 5.41) is 15.4. The zero-order valence-corrected chi connectivity index (χ0v) is 20.5. The lowest BCUT2D eigenvalue weighted by Gasteiger charge is -2.40. The van der Waals surface area contributed by atoms with E-state index in [1.807, 2.05) is 35.2 Å². The van der Waals surface area contributed by atoms with Crippen molar-refractivity contribution in [1.29, 1.82) is 0 Å². The monoisotopic (exact) mass is 491 g/mol. The number of pyridine rings is 1. The lowest BCUT2D eigenvalue weighted by atomic mass is 9.84. The van der Waals surface area contributed by atoms with Crippen molar-refractivity contribution in [1.82, 2.24) is 15.2 Å². The van der Waals surface area contributed by atoms with Crippen LogP contribution in [0.5, 0.6) is 0 Å². The van der Waals surface area contributed by atoms with Crippen molar-refractivity contribution in [3.63, 3.8) is 0 Å². The Morgan fingerprint density at radius 3 is 2.57 bits per heavy atom. The summed E-state index contributed by atoms with van der Waals surface area (Å²) in [6.45, 7) is 3.72. The van der Waals surface area contributed by atoms with Crippen LogP contribution in [0.2, 0.25) is 5.02 Å². The standard InChI is InChI=1S/C28H30ClN3O3/c1-27(34,24-8-4-5-15-30-24)26(20-9-11-22(29)12-10-20)31-18-25(33)32-16-13-28(14-17-32)23-7-3-2-6-21(23)19-35-28/h2-12,15,26,31,34H,13-14,16-19H2,1H3. The Hall–Kier alpha value is -2.77. The molecule has 3 aromatic rings. The van der Waals surface area contributed by atoms with Gasteiger partial charge in [-0.15, -0.1) is 0 Å². The normalized spacial score (nSPS) is 19.2. The third-order valence-corrected chi connectivity index (χ3v) is 7.59. The first kappa shape index (κ1) is 23.9. The Labute approximate surface area is 210 Å². The average Bonchev–Trinajstić information content (AvgIpc) is 3.24. The van der Waals surface area contributed by atoms with E-state index in [2.05, 4.69) is 28.5 Å². The first-order valence-electron chi connectivity index (χ1n) is 12.0. The number of ether oxygens (including phenoxy) is 1. The molecule has 1 fully saturated rings. The van der Waals surface area contributed by atoms with Crippen molar-refractivity contribution < 1.29 is 14.6 Å². The molecule has 2 aliphatic rings. The van der Waals surface area contributed by atoms with Gasteiger partial charge in [-0.05, 0) is 60.7 Å². The molecule has 2 aliphatic heterocycles. The van der Waals surface area contributed by atoms with Crippen LogP contribution in [0, 0.1) is 0 Å². The van der Waals surface area contributed by atoms with Crippen LogP contribution in [-0.4, -0.2) is 40.5 Å². The van der Waals surface area contributed by atoms with Crippen molar-refractivity contribution in [2.24, 2.45) is 0 Å². The summed E-state index contributed by atoms with van der Waals surface area (Å²) in [6.07, 6.45) is 3.21. The molecule has 2 aromatic carbocycles. The molecule has 7 heteroatoms. The minimum atomic E-state index is -1.34. The maximum Gasteiger partial charge on any atom is 0.236 e. The maximum atomic E-state index is 13.2. The zero-order valence-electron chi connectivity index (χ0n) is 19.8. The van der Waals surface area contributed by atoms with E-state index in [4.69, 9.17) is 16.3 Å². The second-order valence-electron chi connectivity index (χ2n) is 9.55. The predicted octanol–water partition coefficient (Wildman–Crippen LogP) is 4.32. The van der Waals surface area contributed by atoms with Gasteiger partial charge in [0.2, 0.25) is 5.91 Å². The lowest BCUT2D eigenvalue weighted by Crippen LogP contribution is -2.49. The molecule has 5 rings (SSSR count). The van der Waals surface area contributed by atoms with E-state index in [0.717, 1.165) is 18.4 Å². The first-order chi connectivity index (χ1) is 16.9. The van der Waals surface area contributed by atoms with Gasteiger partial charge in [-0.1, -0.05) is 54.1 Å².